The fraction of sp³-hybridized carbons (Fsp3) is 0.588. The van der Waals surface area contributed by atoms with Crippen LogP contribution in [0.4, 0.5) is 0 Å². The lowest BCUT2D eigenvalue weighted by molar-refractivity contribution is -0.144. The lowest BCUT2D eigenvalue weighted by Gasteiger charge is -2.17. The molecule has 0 radical (unpaired) electrons. The molecule has 3 atom stereocenters. The summed E-state index contributed by atoms with van der Waals surface area (Å²) in [7, 11) is 0. The minimum atomic E-state index is -1.49. The maximum absolute atomic E-state index is 11.9. The van der Waals surface area contributed by atoms with Gasteiger partial charge in [0.1, 0.15) is 18.1 Å². The number of primary amides is 1. The molecule has 174 valence electrons. The molecule has 0 aliphatic heterocycles. The molecule has 0 bridgehead atoms. The van der Waals surface area contributed by atoms with Crippen LogP contribution in [0.15, 0.2) is 0 Å². The van der Waals surface area contributed by atoms with Gasteiger partial charge in [0.05, 0.1) is 0 Å². The summed E-state index contributed by atoms with van der Waals surface area (Å²) in [5.74, 6) is -7.20. The first-order chi connectivity index (χ1) is 14.3. The zero-order valence-corrected chi connectivity index (χ0v) is 16.8. The normalized spacial score (nSPS) is 13.2. The van der Waals surface area contributed by atoms with Crippen LogP contribution in [0.1, 0.15) is 45.4 Å². The van der Waals surface area contributed by atoms with E-state index in [9.17, 15) is 38.7 Å². The van der Waals surface area contributed by atoms with Crippen LogP contribution in [-0.4, -0.2) is 75.0 Å². The Hall–Kier alpha value is -3.71. The summed E-state index contributed by atoms with van der Waals surface area (Å²) in [6, 6.07) is -4.21. The molecule has 0 rings (SSSR count). The van der Waals surface area contributed by atoms with Gasteiger partial charge in [0, 0.05) is 26.2 Å². The van der Waals surface area contributed by atoms with Crippen molar-refractivity contribution in [2.75, 3.05) is 0 Å². The van der Waals surface area contributed by atoms with Crippen molar-refractivity contribution in [3.8, 4) is 0 Å². The summed E-state index contributed by atoms with van der Waals surface area (Å²) in [5.41, 5.74) is 4.93. The number of hydrogen-bond acceptors (Lipinski definition) is 7. The molecule has 0 aliphatic rings. The van der Waals surface area contributed by atoms with Crippen LogP contribution in [0.25, 0.3) is 0 Å². The number of rotatable bonds is 15. The number of nitrogens with two attached hydrogens (primary N) is 1. The van der Waals surface area contributed by atoms with Crippen LogP contribution in [0.5, 0.6) is 0 Å². The van der Waals surface area contributed by atoms with Gasteiger partial charge < -0.3 is 37.0 Å². The molecule has 0 fully saturated rings. The summed E-state index contributed by atoms with van der Waals surface area (Å²) in [5, 5.41) is 33.6. The summed E-state index contributed by atoms with van der Waals surface area (Å²) in [6.45, 7) is 1.10. The van der Waals surface area contributed by atoms with Gasteiger partial charge >= 0.3 is 17.9 Å². The molecule has 0 aromatic rings. The number of hydrogen-bond donors (Lipinski definition) is 7. The van der Waals surface area contributed by atoms with E-state index in [1.807, 2.05) is 0 Å². The fourth-order valence-corrected chi connectivity index (χ4v) is 2.39. The van der Waals surface area contributed by atoms with Gasteiger partial charge in [0.25, 0.3) is 0 Å². The first-order valence-corrected chi connectivity index (χ1v) is 9.16. The van der Waals surface area contributed by atoms with E-state index < -0.39 is 72.5 Å². The molecule has 0 spiro atoms. The van der Waals surface area contributed by atoms with Gasteiger partial charge in [-0.15, -0.1) is 0 Å². The Morgan fingerprint density at radius 2 is 0.968 bits per heavy atom. The Kier molecular flexibility index (Phi) is 11.9. The van der Waals surface area contributed by atoms with Gasteiger partial charge in [0.2, 0.25) is 23.6 Å². The number of nitrogens with one attached hydrogen (secondary N) is 3. The number of carbonyl (C=O) groups excluding carboxylic acids is 4. The lowest BCUT2D eigenvalue weighted by atomic mass is 10.1. The molecule has 14 heteroatoms. The van der Waals surface area contributed by atoms with Crippen LogP contribution in [0.2, 0.25) is 0 Å². The standard InChI is InChI=1S/C17H26N4O10/c1-8(22)19-9(15(26)27)3-6-13(24)21-11(17(30)31)4-7-14(25)20-10(16(28)29)2-5-12(18)23/h9-11H,2-7H2,1H3,(H2,18,23)(H,19,22)(H,20,25)(H,21,24)(H,26,27)(H,28,29)(H,30,31). The number of carboxylic acids is 3. The smallest absolute Gasteiger partial charge is 0.326 e. The molecule has 0 aliphatic carbocycles. The molecule has 31 heavy (non-hydrogen) atoms. The van der Waals surface area contributed by atoms with Gasteiger partial charge in [-0.3, -0.25) is 19.2 Å². The van der Waals surface area contributed by atoms with Gasteiger partial charge in [-0.1, -0.05) is 0 Å². The summed E-state index contributed by atoms with van der Waals surface area (Å²) in [6.07, 6.45) is -2.02. The van der Waals surface area contributed by atoms with Crippen LogP contribution in [0.3, 0.4) is 0 Å². The predicted octanol–water partition coefficient (Wildman–Crippen LogP) is -2.46. The second-order valence-corrected chi connectivity index (χ2v) is 6.59. The van der Waals surface area contributed by atoms with Gasteiger partial charge in [0.15, 0.2) is 0 Å². The number of amides is 4. The fourth-order valence-electron chi connectivity index (χ4n) is 2.39. The van der Waals surface area contributed by atoms with Crippen molar-refractivity contribution < 1.29 is 48.9 Å². The van der Waals surface area contributed by atoms with Crippen molar-refractivity contribution >= 4 is 41.5 Å². The number of aliphatic carboxylic acids is 3. The number of carboxylic acid groups (broad SMARTS) is 3. The van der Waals surface area contributed by atoms with E-state index in [1.54, 1.807) is 0 Å². The van der Waals surface area contributed by atoms with Crippen molar-refractivity contribution in [2.45, 2.75) is 63.6 Å². The van der Waals surface area contributed by atoms with E-state index in [1.165, 1.54) is 0 Å². The summed E-state index contributed by atoms with van der Waals surface area (Å²) in [4.78, 5) is 79.0. The minimum Gasteiger partial charge on any atom is -0.480 e. The number of carbonyl (C=O) groups is 7. The summed E-state index contributed by atoms with van der Waals surface area (Å²) >= 11 is 0. The molecule has 4 amide bonds. The Morgan fingerprint density at radius 3 is 1.26 bits per heavy atom. The average molecular weight is 446 g/mol. The Bertz CT molecular complexity index is 724. The van der Waals surface area contributed by atoms with Crippen molar-refractivity contribution in [2.24, 2.45) is 5.73 Å². The highest BCUT2D eigenvalue weighted by atomic mass is 16.4. The second kappa shape index (κ2) is 13.5. The quantitative estimate of drug-likeness (QED) is 0.140. The van der Waals surface area contributed by atoms with Crippen molar-refractivity contribution in [1.82, 2.24) is 16.0 Å². The third-order valence-electron chi connectivity index (χ3n) is 3.94. The van der Waals surface area contributed by atoms with Crippen LogP contribution >= 0.6 is 0 Å². The van der Waals surface area contributed by atoms with Gasteiger partial charge in [-0.2, -0.15) is 0 Å². The van der Waals surface area contributed by atoms with Crippen molar-refractivity contribution in [3.05, 3.63) is 0 Å². The molecule has 0 saturated carbocycles. The van der Waals surface area contributed by atoms with E-state index in [0.29, 0.717) is 0 Å². The van der Waals surface area contributed by atoms with Crippen LogP contribution < -0.4 is 21.7 Å². The molecule has 3 unspecified atom stereocenters. The monoisotopic (exact) mass is 446 g/mol. The second-order valence-electron chi connectivity index (χ2n) is 6.59. The maximum Gasteiger partial charge on any atom is 0.326 e. The van der Waals surface area contributed by atoms with Crippen LogP contribution in [0, 0.1) is 0 Å². The molecular weight excluding hydrogens is 420 g/mol. The highest BCUT2D eigenvalue weighted by Crippen LogP contribution is 2.04. The molecular formula is C17H26N4O10. The van der Waals surface area contributed by atoms with E-state index in [2.05, 4.69) is 16.0 Å². The third-order valence-corrected chi connectivity index (χ3v) is 3.94. The predicted molar refractivity (Wildman–Crippen MR) is 101 cm³/mol. The topological polar surface area (TPSA) is 242 Å². The molecule has 0 aromatic carbocycles. The molecule has 0 aromatic heterocycles. The third kappa shape index (κ3) is 12.5. The van der Waals surface area contributed by atoms with Crippen LogP contribution in [-0.2, 0) is 33.6 Å². The van der Waals surface area contributed by atoms with E-state index in [0.717, 1.165) is 6.92 Å². The Labute approximate surface area is 176 Å². The molecule has 8 N–H and O–H groups in total. The Morgan fingerprint density at radius 1 is 0.645 bits per heavy atom. The first kappa shape index (κ1) is 27.3. The average Bonchev–Trinajstić information content (AvgIpc) is 2.64. The van der Waals surface area contributed by atoms with Crippen molar-refractivity contribution in [1.29, 1.82) is 0 Å². The zero-order valence-electron chi connectivity index (χ0n) is 16.8. The zero-order chi connectivity index (χ0) is 24.1. The molecule has 0 saturated heterocycles. The van der Waals surface area contributed by atoms with E-state index in [-0.39, 0.29) is 25.7 Å². The van der Waals surface area contributed by atoms with Gasteiger partial charge in [-0.25, -0.2) is 14.4 Å². The first-order valence-electron chi connectivity index (χ1n) is 9.16. The SMILES string of the molecule is CC(=O)NC(CCC(=O)NC(CCC(=O)NC(CCC(N)=O)C(=O)O)C(=O)O)C(=O)O. The van der Waals surface area contributed by atoms with Gasteiger partial charge in [-0.05, 0) is 19.3 Å². The Balaban J connectivity index is 4.69. The molecule has 14 nitrogen and oxygen atoms in total. The largest absolute Gasteiger partial charge is 0.480 e. The highest BCUT2D eigenvalue weighted by Gasteiger charge is 2.25. The molecule has 0 heterocycles. The van der Waals surface area contributed by atoms with E-state index in [4.69, 9.17) is 15.9 Å². The van der Waals surface area contributed by atoms with Crippen molar-refractivity contribution in [3.63, 3.8) is 0 Å². The maximum atomic E-state index is 11.9. The highest BCUT2D eigenvalue weighted by molar-refractivity contribution is 5.87. The van der Waals surface area contributed by atoms with E-state index >= 15 is 0 Å². The lowest BCUT2D eigenvalue weighted by Crippen LogP contribution is -2.45. The summed E-state index contributed by atoms with van der Waals surface area (Å²) < 4.78 is 0. The minimum absolute atomic E-state index is 0.242.